The Morgan fingerprint density at radius 3 is 2.80 bits per heavy atom. The Morgan fingerprint density at radius 1 is 1.23 bits per heavy atom. The minimum atomic E-state index is -0.462. The number of nitro groups is 1. The van der Waals surface area contributed by atoms with Gasteiger partial charge >= 0.3 is 0 Å². The molecule has 2 aromatic carbocycles. The quantitative estimate of drug-likeness (QED) is 0.600. The van der Waals surface area contributed by atoms with Gasteiger partial charge in [-0.05, 0) is 12.6 Å². The number of benzene rings is 2. The lowest BCUT2D eigenvalue weighted by molar-refractivity contribution is -0.384. The lowest BCUT2D eigenvalue weighted by atomic mass is 10.1. The Labute approximate surface area is 175 Å². The Morgan fingerprint density at radius 2 is 2.03 bits per heavy atom. The minimum Gasteiger partial charge on any atom is -0.492 e. The molecule has 30 heavy (non-hydrogen) atoms. The van der Waals surface area contributed by atoms with Crippen molar-refractivity contribution in [2.24, 2.45) is 0 Å². The first-order valence-electron chi connectivity index (χ1n) is 10.2. The average molecular weight is 410 g/mol. The maximum Gasteiger partial charge on any atom is 0.270 e. The van der Waals surface area contributed by atoms with Crippen LogP contribution in [-0.2, 0) is 13.0 Å². The number of nitro benzene ring substituents is 1. The molecule has 1 unspecified atom stereocenters. The van der Waals surface area contributed by atoms with Crippen molar-refractivity contribution in [1.82, 2.24) is 15.1 Å². The average Bonchev–Trinajstić information content (AvgIpc) is 3.13. The van der Waals surface area contributed by atoms with Crippen molar-refractivity contribution < 1.29 is 14.5 Å². The lowest BCUT2D eigenvalue weighted by Crippen LogP contribution is -2.46. The molecule has 2 aromatic rings. The second-order valence-corrected chi connectivity index (χ2v) is 7.99. The molecule has 1 saturated heterocycles. The third kappa shape index (κ3) is 4.60. The molecular formula is C22H26N4O4. The van der Waals surface area contributed by atoms with Crippen LogP contribution in [0.5, 0.6) is 5.75 Å². The smallest absolute Gasteiger partial charge is 0.270 e. The van der Waals surface area contributed by atoms with Crippen LogP contribution in [0.4, 0.5) is 5.69 Å². The Bertz CT molecular complexity index is 934. The van der Waals surface area contributed by atoms with Crippen molar-refractivity contribution in [2.45, 2.75) is 19.0 Å². The molecule has 1 amide bonds. The minimum absolute atomic E-state index is 0.0758. The van der Waals surface area contributed by atoms with Gasteiger partial charge in [0.1, 0.15) is 5.75 Å². The van der Waals surface area contributed by atoms with Crippen LogP contribution in [-0.4, -0.2) is 66.5 Å². The fraction of sp³-hybridized carbons (Fsp3) is 0.409. The van der Waals surface area contributed by atoms with E-state index in [4.69, 9.17) is 4.74 Å². The van der Waals surface area contributed by atoms with Gasteiger partial charge in [-0.3, -0.25) is 19.8 Å². The number of ether oxygens (including phenoxy) is 1. The summed E-state index contributed by atoms with van der Waals surface area (Å²) in [7, 11) is 2.04. The summed E-state index contributed by atoms with van der Waals surface area (Å²) in [5.41, 5.74) is 2.13. The number of nitrogens with zero attached hydrogens (tertiary/aromatic N) is 3. The summed E-state index contributed by atoms with van der Waals surface area (Å²) in [6, 6.07) is 13.0. The van der Waals surface area contributed by atoms with Crippen molar-refractivity contribution >= 4 is 11.6 Å². The van der Waals surface area contributed by atoms with Gasteiger partial charge in [-0.1, -0.05) is 30.3 Å². The number of carbonyl (C=O) groups excluding carboxylic acids is 1. The van der Waals surface area contributed by atoms with E-state index >= 15 is 0 Å². The van der Waals surface area contributed by atoms with Crippen LogP contribution in [0.1, 0.15) is 21.5 Å². The number of nitrogens with one attached hydrogen (secondary N) is 1. The van der Waals surface area contributed by atoms with Gasteiger partial charge in [0, 0.05) is 56.8 Å². The molecule has 0 aliphatic carbocycles. The zero-order chi connectivity index (χ0) is 21.1. The van der Waals surface area contributed by atoms with E-state index in [0.717, 1.165) is 31.7 Å². The van der Waals surface area contributed by atoms with Crippen molar-refractivity contribution in [3.63, 3.8) is 0 Å². The normalized spacial score (nSPS) is 19.6. The topological polar surface area (TPSA) is 88.0 Å². The van der Waals surface area contributed by atoms with Crippen LogP contribution >= 0.6 is 0 Å². The molecule has 2 aliphatic rings. The molecule has 2 aliphatic heterocycles. The van der Waals surface area contributed by atoms with E-state index in [-0.39, 0.29) is 23.2 Å². The number of amides is 1. The van der Waals surface area contributed by atoms with Gasteiger partial charge in [-0.15, -0.1) is 0 Å². The van der Waals surface area contributed by atoms with E-state index in [1.165, 1.54) is 17.7 Å². The fourth-order valence-electron chi connectivity index (χ4n) is 4.15. The van der Waals surface area contributed by atoms with E-state index in [1.807, 2.05) is 25.2 Å². The first-order valence-corrected chi connectivity index (χ1v) is 10.2. The second-order valence-electron chi connectivity index (χ2n) is 7.99. The van der Waals surface area contributed by atoms with E-state index < -0.39 is 4.92 Å². The molecule has 1 N–H and O–H groups in total. The SMILES string of the molecule is CN1CCN(Cc2ccccc2)CC(NC(=O)c2cc([N+](=O)[O-])cc3c2OCC3)C1. The van der Waals surface area contributed by atoms with Crippen LogP contribution in [0.15, 0.2) is 42.5 Å². The predicted molar refractivity (Wildman–Crippen MR) is 113 cm³/mol. The van der Waals surface area contributed by atoms with Gasteiger partial charge in [-0.2, -0.15) is 0 Å². The second kappa shape index (κ2) is 8.81. The third-order valence-electron chi connectivity index (χ3n) is 5.62. The summed E-state index contributed by atoms with van der Waals surface area (Å²) in [5, 5.41) is 14.4. The Balaban J connectivity index is 1.51. The summed E-state index contributed by atoms with van der Waals surface area (Å²) in [5.74, 6) is 0.151. The lowest BCUT2D eigenvalue weighted by Gasteiger charge is -2.25. The largest absolute Gasteiger partial charge is 0.492 e. The van der Waals surface area contributed by atoms with Crippen LogP contribution in [0.2, 0.25) is 0 Å². The van der Waals surface area contributed by atoms with Gasteiger partial charge in [0.25, 0.3) is 11.6 Å². The first kappa shape index (κ1) is 20.3. The van der Waals surface area contributed by atoms with E-state index in [2.05, 4.69) is 27.2 Å². The zero-order valence-electron chi connectivity index (χ0n) is 17.0. The number of non-ortho nitro benzene ring substituents is 1. The van der Waals surface area contributed by atoms with E-state index in [1.54, 1.807) is 0 Å². The number of hydrogen-bond acceptors (Lipinski definition) is 6. The molecule has 0 aromatic heterocycles. The summed E-state index contributed by atoms with van der Waals surface area (Å²) in [6.45, 7) is 4.50. The first-order chi connectivity index (χ1) is 14.5. The molecule has 158 valence electrons. The maximum absolute atomic E-state index is 13.1. The number of likely N-dealkylation sites (N-methyl/N-ethyl adjacent to an activating group) is 1. The summed E-state index contributed by atoms with van der Waals surface area (Å²) >= 11 is 0. The Kier molecular flexibility index (Phi) is 5.96. The molecule has 8 nitrogen and oxygen atoms in total. The summed E-state index contributed by atoms with van der Waals surface area (Å²) < 4.78 is 5.62. The summed E-state index contributed by atoms with van der Waals surface area (Å²) in [4.78, 5) is 28.4. The van der Waals surface area contributed by atoms with Crippen LogP contribution in [0.25, 0.3) is 0 Å². The Hall–Kier alpha value is -2.97. The zero-order valence-corrected chi connectivity index (χ0v) is 17.0. The molecule has 0 radical (unpaired) electrons. The molecule has 8 heteroatoms. The highest BCUT2D eigenvalue weighted by Crippen LogP contribution is 2.33. The van der Waals surface area contributed by atoms with Crippen molar-refractivity contribution in [3.8, 4) is 5.75 Å². The molecule has 0 saturated carbocycles. The van der Waals surface area contributed by atoms with Crippen molar-refractivity contribution in [2.75, 3.05) is 39.8 Å². The van der Waals surface area contributed by atoms with Gasteiger partial charge in [0.2, 0.25) is 0 Å². The van der Waals surface area contributed by atoms with E-state index in [0.29, 0.717) is 25.3 Å². The van der Waals surface area contributed by atoms with E-state index in [9.17, 15) is 14.9 Å². The predicted octanol–water partition coefficient (Wildman–Crippen LogP) is 2.08. The standard InChI is InChI=1S/C22H26N4O4/c1-24-8-9-25(13-16-5-3-2-4-6-16)15-18(14-24)23-22(27)20-12-19(26(28)29)11-17-7-10-30-21(17)20/h2-6,11-12,18H,7-10,13-15H2,1H3,(H,23,27). The number of rotatable bonds is 5. The van der Waals surface area contributed by atoms with Gasteiger partial charge < -0.3 is 15.0 Å². The molecular weight excluding hydrogens is 384 g/mol. The van der Waals surface area contributed by atoms with Crippen LogP contribution in [0.3, 0.4) is 0 Å². The van der Waals surface area contributed by atoms with Gasteiger partial charge in [0.15, 0.2) is 0 Å². The van der Waals surface area contributed by atoms with Crippen molar-refractivity contribution in [3.05, 3.63) is 69.3 Å². The highest BCUT2D eigenvalue weighted by molar-refractivity contribution is 5.98. The van der Waals surface area contributed by atoms with Crippen LogP contribution < -0.4 is 10.1 Å². The van der Waals surface area contributed by atoms with Gasteiger partial charge in [-0.25, -0.2) is 0 Å². The van der Waals surface area contributed by atoms with Crippen LogP contribution in [0, 0.1) is 10.1 Å². The molecule has 1 atom stereocenters. The highest BCUT2D eigenvalue weighted by atomic mass is 16.6. The fourth-order valence-corrected chi connectivity index (χ4v) is 4.15. The molecule has 1 fully saturated rings. The maximum atomic E-state index is 13.1. The molecule has 0 bridgehead atoms. The molecule has 4 rings (SSSR count). The number of carbonyl (C=O) groups is 1. The number of fused-ring (bicyclic) bond motifs is 1. The monoisotopic (exact) mass is 410 g/mol. The molecule has 0 spiro atoms. The highest BCUT2D eigenvalue weighted by Gasteiger charge is 2.28. The van der Waals surface area contributed by atoms with Crippen molar-refractivity contribution in [1.29, 1.82) is 0 Å². The third-order valence-corrected chi connectivity index (χ3v) is 5.62. The number of hydrogen-bond donors (Lipinski definition) is 1. The summed E-state index contributed by atoms with van der Waals surface area (Å²) in [6.07, 6.45) is 0.578. The molecule has 2 heterocycles. The van der Waals surface area contributed by atoms with Gasteiger partial charge in [0.05, 0.1) is 23.1 Å².